The van der Waals surface area contributed by atoms with E-state index in [1.165, 1.54) is 38.0 Å². The number of para-hydroxylation sites is 3. The lowest BCUT2D eigenvalue weighted by Crippen LogP contribution is -2.02. The van der Waals surface area contributed by atoms with Gasteiger partial charge >= 0.3 is 0 Å². The van der Waals surface area contributed by atoms with E-state index in [1.807, 2.05) is 18.2 Å². The maximum atomic E-state index is 5.31. The molecule has 0 fully saturated rings. The van der Waals surface area contributed by atoms with Gasteiger partial charge in [-0.15, -0.1) is 0 Å². The monoisotopic (exact) mass is 765 g/mol. The Morgan fingerprint density at radius 2 is 0.750 bits per heavy atom. The SMILES string of the molecule is c1ccc(-c2nc(-c3ccc4ccccc4c3)nc(-c3cc(-n4c5ccccc5c5ccc(-n6c7ccccc7c7ccccc76)cc54)ccc3-c3ccccc3)n2)cc1. The van der Waals surface area contributed by atoms with Crippen LogP contribution in [0.4, 0.5) is 0 Å². The number of hydrogen-bond acceptors (Lipinski definition) is 3. The lowest BCUT2D eigenvalue weighted by molar-refractivity contribution is 1.07. The first-order chi connectivity index (χ1) is 29.7. The van der Waals surface area contributed by atoms with Crippen LogP contribution < -0.4 is 0 Å². The van der Waals surface area contributed by atoms with E-state index in [0.717, 1.165) is 55.6 Å². The molecule has 0 aliphatic carbocycles. The van der Waals surface area contributed by atoms with Gasteiger partial charge in [0.15, 0.2) is 17.5 Å². The summed E-state index contributed by atoms with van der Waals surface area (Å²) < 4.78 is 4.78. The highest BCUT2D eigenvalue weighted by Crippen LogP contribution is 2.40. The molecule has 0 saturated carbocycles. The average Bonchev–Trinajstić information content (AvgIpc) is 3.84. The van der Waals surface area contributed by atoms with Crippen molar-refractivity contribution in [1.82, 2.24) is 24.1 Å². The summed E-state index contributed by atoms with van der Waals surface area (Å²) in [7, 11) is 0. The highest BCUT2D eigenvalue weighted by molar-refractivity contribution is 6.12. The van der Waals surface area contributed by atoms with E-state index in [4.69, 9.17) is 15.0 Å². The first kappa shape index (κ1) is 33.9. The van der Waals surface area contributed by atoms with Crippen LogP contribution in [0, 0.1) is 0 Å². The van der Waals surface area contributed by atoms with Gasteiger partial charge in [-0.25, -0.2) is 15.0 Å². The summed E-state index contributed by atoms with van der Waals surface area (Å²) in [5, 5.41) is 7.17. The van der Waals surface area contributed by atoms with Crippen molar-refractivity contribution in [3.63, 3.8) is 0 Å². The molecular formula is C55H35N5. The fraction of sp³-hybridized carbons (Fsp3) is 0. The Balaban J connectivity index is 1.12. The zero-order valence-electron chi connectivity index (χ0n) is 32.4. The van der Waals surface area contributed by atoms with Crippen LogP contribution in [0.3, 0.4) is 0 Å². The predicted molar refractivity (Wildman–Crippen MR) is 248 cm³/mol. The Morgan fingerprint density at radius 1 is 0.267 bits per heavy atom. The van der Waals surface area contributed by atoms with Gasteiger partial charge in [0.2, 0.25) is 0 Å². The molecule has 0 unspecified atom stereocenters. The number of rotatable bonds is 6. The van der Waals surface area contributed by atoms with Crippen molar-refractivity contribution in [2.24, 2.45) is 0 Å². The molecule has 0 aliphatic heterocycles. The molecule has 0 saturated heterocycles. The molecule has 0 aliphatic rings. The Morgan fingerprint density at radius 3 is 1.42 bits per heavy atom. The van der Waals surface area contributed by atoms with Gasteiger partial charge in [-0.05, 0) is 70.4 Å². The summed E-state index contributed by atoms with van der Waals surface area (Å²) in [6, 6.07) is 75.2. The molecule has 0 radical (unpaired) electrons. The molecule has 12 aromatic rings. The zero-order chi connectivity index (χ0) is 39.6. The van der Waals surface area contributed by atoms with Crippen LogP contribution in [0.1, 0.15) is 0 Å². The topological polar surface area (TPSA) is 48.5 Å². The molecule has 0 amide bonds. The molecule has 3 aromatic heterocycles. The van der Waals surface area contributed by atoms with Gasteiger partial charge in [-0.1, -0.05) is 164 Å². The van der Waals surface area contributed by atoms with Crippen LogP contribution in [0.25, 0.3) is 111 Å². The summed E-state index contributed by atoms with van der Waals surface area (Å²) in [5.74, 6) is 1.86. The van der Waals surface area contributed by atoms with Crippen LogP contribution in [-0.4, -0.2) is 24.1 Å². The molecule has 0 atom stereocenters. The van der Waals surface area contributed by atoms with Crippen molar-refractivity contribution in [3.05, 3.63) is 212 Å². The van der Waals surface area contributed by atoms with Crippen LogP contribution in [0.5, 0.6) is 0 Å². The van der Waals surface area contributed by atoms with Gasteiger partial charge in [-0.2, -0.15) is 0 Å². The number of fused-ring (bicyclic) bond motifs is 7. The van der Waals surface area contributed by atoms with Gasteiger partial charge in [-0.3, -0.25) is 0 Å². The van der Waals surface area contributed by atoms with Crippen molar-refractivity contribution in [2.75, 3.05) is 0 Å². The van der Waals surface area contributed by atoms with Gasteiger partial charge in [0, 0.05) is 49.6 Å². The lowest BCUT2D eigenvalue weighted by atomic mass is 9.98. The van der Waals surface area contributed by atoms with E-state index < -0.39 is 0 Å². The minimum absolute atomic E-state index is 0.611. The molecule has 3 heterocycles. The highest BCUT2D eigenvalue weighted by atomic mass is 15.0. The largest absolute Gasteiger partial charge is 0.309 e. The summed E-state index contributed by atoms with van der Waals surface area (Å²) in [6.45, 7) is 0. The maximum Gasteiger partial charge on any atom is 0.164 e. The van der Waals surface area contributed by atoms with E-state index in [9.17, 15) is 0 Å². The quantitative estimate of drug-likeness (QED) is 0.169. The summed E-state index contributed by atoms with van der Waals surface area (Å²) >= 11 is 0. The van der Waals surface area contributed by atoms with Crippen LogP contribution in [-0.2, 0) is 0 Å². The van der Waals surface area contributed by atoms with E-state index in [2.05, 4.69) is 203 Å². The number of hydrogen-bond donors (Lipinski definition) is 0. The fourth-order valence-electron chi connectivity index (χ4n) is 8.97. The zero-order valence-corrected chi connectivity index (χ0v) is 32.4. The standard InChI is InChI=1S/C55H35N5/c1-3-16-37(17-4-1)43-31-29-41(34-48(43)55-57-53(38-18-5-2-6-19-38)56-54(58-55)40-28-27-36-15-7-8-20-39(36)33-40)60-51-26-14-11-23-46(51)47-32-30-42(35-52(47)60)59-49-24-12-9-21-44(49)45-22-10-13-25-50(45)59/h1-35H. The second kappa shape index (κ2) is 13.8. The van der Waals surface area contributed by atoms with Gasteiger partial charge in [0.25, 0.3) is 0 Å². The van der Waals surface area contributed by atoms with E-state index >= 15 is 0 Å². The summed E-state index contributed by atoms with van der Waals surface area (Å²) in [4.78, 5) is 15.7. The summed E-state index contributed by atoms with van der Waals surface area (Å²) in [5.41, 5.74) is 11.7. The van der Waals surface area contributed by atoms with Crippen molar-refractivity contribution in [1.29, 1.82) is 0 Å². The fourth-order valence-corrected chi connectivity index (χ4v) is 8.97. The summed E-state index contributed by atoms with van der Waals surface area (Å²) in [6.07, 6.45) is 0. The molecule has 12 rings (SSSR count). The van der Waals surface area contributed by atoms with Gasteiger partial charge in [0.05, 0.1) is 22.1 Å². The second-order valence-electron chi connectivity index (χ2n) is 15.3. The minimum atomic E-state index is 0.611. The van der Waals surface area contributed by atoms with Gasteiger partial charge < -0.3 is 9.13 Å². The number of nitrogens with zero attached hydrogens (tertiary/aromatic N) is 5. The third-order valence-electron chi connectivity index (χ3n) is 11.8. The van der Waals surface area contributed by atoms with Gasteiger partial charge in [0.1, 0.15) is 0 Å². The van der Waals surface area contributed by atoms with E-state index in [-0.39, 0.29) is 0 Å². The van der Waals surface area contributed by atoms with Crippen molar-refractivity contribution in [2.45, 2.75) is 0 Å². The third kappa shape index (κ3) is 5.52. The lowest BCUT2D eigenvalue weighted by Gasteiger charge is -2.16. The molecule has 0 spiro atoms. The van der Waals surface area contributed by atoms with Crippen molar-refractivity contribution < 1.29 is 0 Å². The molecule has 0 N–H and O–H groups in total. The molecular weight excluding hydrogens is 731 g/mol. The van der Waals surface area contributed by atoms with E-state index in [1.54, 1.807) is 0 Å². The minimum Gasteiger partial charge on any atom is -0.309 e. The first-order valence-electron chi connectivity index (χ1n) is 20.3. The third-order valence-corrected chi connectivity index (χ3v) is 11.8. The average molecular weight is 766 g/mol. The Bertz CT molecular complexity index is 3550. The molecule has 280 valence electrons. The maximum absolute atomic E-state index is 5.31. The van der Waals surface area contributed by atoms with Crippen LogP contribution in [0.2, 0.25) is 0 Å². The predicted octanol–water partition coefficient (Wildman–Crippen LogP) is 13.9. The molecule has 60 heavy (non-hydrogen) atoms. The van der Waals surface area contributed by atoms with Crippen LogP contribution >= 0.6 is 0 Å². The van der Waals surface area contributed by atoms with Crippen LogP contribution in [0.15, 0.2) is 212 Å². The Kier molecular flexibility index (Phi) is 7.78. The van der Waals surface area contributed by atoms with E-state index in [0.29, 0.717) is 17.5 Å². The normalized spacial score (nSPS) is 11.7. The molecule has 9 aromatic carbocycles. The number of aromatic nitrogens is 5. The highest BCUT2D eigenvalue weighted by Gasteiger charge is 2.20. The Labute approximate surface area is 346 Å². The molecule has 5 heteroatoms. The van der Waals surface area contributed by atoms with Crippen molar-refractivity contribution in [3.8, 4) is 56.7 Å². The molecule has 0 bridgehead atoms. The second-order valence-corrected chi connectivity index (χ2v) is 15.3. The Hall–Kier alpha value is -8.15. The first-order valence-corrected chi connectivity index (χ1v) is 20.3. The number of benzene rings is 9. The molecule has 5 nitrogen and oxygen atoms in total. The van der Waals surface area contributed by atoms with Crippen molar-refractivity contribution >= 4 is 54.4 Å². The smallest absolute Gasteiger partial charge is 0.164 e.